The van der Waals surface area contributed by atoms with Gasteiger partial charge in [-0.1, -0.05) is 32.8 Å². The molecule has 20 heavy (non-hydrogen) atoms. The molecule has 0 fully saturated rings. The fourth-order valence-electron chi connectivity index (χ4n) is 1.93. The van der Waals surface area contributed by atoms with Gasteiger partial charge < -0.3 is 14.6 Å². The number of phenolic OH excluding ortho intramolecular Hbond substituents is 1. The van der Waals surface area contributed by atoms with Crippen molar-refractivity contribution >= 4 is 5.97 Å². The molecule has 0 saturated heterocycles. The Balaban J connectivity index is 2.24. The van der Waals surface area contributed by atoms with Gasteiger partial charge in [-0.15, -0.1) is 0 Å². The molecular formula is C16H24O4. The maximum atomic E-state index is 11.8. The molecule has 0 aliphatic carbocycles. The van der Waals surface area contributed by atoms with Crippen molar-refractivity contribution in [1.29, 1.82) is 0 Å². The predicted octanol–water partition coefficient (Wildman–Crippen LogP) is 3.53. The van der Waals surface area contributed by atoms with Crippen LogP contribution >= 0.6 is 0 Å². The van der Waals surface area contributed by atoms with Crippen molar-refractivity contribution in [3.05, 3.63) is 24.3 Å². The SMILES string of the molecule is CCCCC(CC)C(=O)OCCOc1cccc(O)c1. The fourth-order valence-corrected chi connectivity index (χ4v) is 1.93. The first-order valence-electron chi connectivity index (χ1n) is 7.25. The number of carbonyl (C=O) groups excluding carboxylic acids is 1. The van der Waals surface area contributed by atoms with Crippen LogP contribution in [0.4, 0.5) is 0 Å². The number of rotatable bonds is 9. The average Bonchev–Trinajstić information content (AvgIpc) is 2.44. The van der Waals surface area contributed by atoms with E-state index in [1.165, 1.54) is 6.07 Å². The molecular weight excluding hydrogens is 256 g/mol. The molecule has 0 saturated carbocycles. The zero-order valence-electron chi connectivity index (χ0n) is 12.3. The zero-order chi connectivity index (χ0) is 14.8. The molecule has 0 radical (unpaired) electrons. The van der Waals surface area contributed by atoms with Gasteiger partial charge in [0.25, 0.3) is 0 Å². The summed E-state index contributed by atoms with van der Waals surface area (Å²) in [5.74, 6) is 0.584. The van der Waals surface area contributed by atoms with Crippen LogP contribution in [0.25, 0.3) is 0 Å². The van der Waals surface area contributed by atoms with Crippen LogP contribution in [0, 0.1) is 5.92 Å². The van der Waals surface area contributed by atoms with Crippen molar-refractivity contribution in [2.24, 2.45) is 5.92 Å². The Hall–Kier alpha value is -1.71. The van der Waals surface area contributed by atoms with Gasteiger partial charge >= 0.3 is 5.97 Å². The zero-order valence-corrected chi connectivity index (χ0v) is 12.3. The number of phenols is 1. The number of benzene rings is 1. The first-order chi connectivity index (χ1) is 9.67. The third-order valence-corrected chi connectivity index (χ3v) is 3.15. The van der Waals surface area contributed by atoms with Gasteiger partial charge in [0.15, 0.2) is 0 Å². The number of hydrogen-bond donors (Lipinski definition) is 1. The summed E-state index contributed by atoms with van der Waals surface area (Å²) in [6, 6.07) is 6.55. The standard InChI is InChI=1S/C16H24O4/c1-3-5-7-13(4-2)16(18)20-11-10-19-15-9-6-8-14(17)12-15/h6,8-9,12-13,17H,3-5,7,10-11H2,1-2H3. The first-order valence-corrected chi connectivity index (χ1v) is 7.25. The van der Waals surface area contributed by atoms with E-state index in [2.05, 4.69) is 6.92 Å². The summed E-state index contributed by atoms with van der Waals surface area (Å²) in [5, 5.41) is 9.28. The highest BCUT2D eigenvalue weighted by Crippen LogP contribution is 2.18. The smallest absolute Gasteiger partial charge is 0.309 e. The van der Waals surface area contributed by atoms with Gasteiger partial charge in [-0.2, -0.15) is 0 Å². The molecule has 0 aliphatic heterocycles. The van der Waals surface area contributed by atoms with Crippen molar-refractivity contribution in [1.82, 2.24) is 0 Å². The Morgan fingerprint density at radius 1 is 1.30 bits per heavy atom. The summed E-state index contributed by atoms with van der Waals surface area (Å²) >= 11 is 0. The number of hydrogen-bond acceptors (Lipinski definition) is 4. The van der Waals surface area contributed by atoms with Gasteiger partial charge in [0, 0.05) is 6.07 Å². The maximum Gasteiger partial charge on any atom is 0.309 e. The van der Waals surface area contributed by atoms with E-state index in [0.29, 0.717) is 12.4 Å². The minimum absolute atomic E-state index is 0.00396. The molecule has 0 amide bonds. The number of carbonyl (C=O) groups is 1. The maximum absolute atomic E-state index is 11.8. The molecule has 0 heterocycles. The van der Waals surface area contributed by atoms with E-state index >= 15 is 0 Å². The van der Waals surface area contributed by atoms with Gasteiger partial charge in [0.05, 0.1) is 5.92 Å². The lowest BCUT2D eigenvalue weighted by Crippen LogP contribution is -2.20. The van der Waals surface area contributed by atoms with E-state index in [0.717, 1.165) is 25.7 Å². The lowest BCUT2D eigenvalue weighted by Gasteiger charge is -2.14. The van der Waals surface area contributed by atoms with E-state index < -0.39 is 0 Å². The van der Waals surface area contributed by atoms with Crippen LogP contribution in [0.15, 0.2) is 24.3 Å². The highest BCUT2D eigenvalue weighted by molar-refractivity contribution is 5.72. The third-order valence-electron chi connectivity index (χ3n) is 3.15. The Bertz CT molecular complexity index is 403. The fraction of sp³-hybridized carbons (Fsp3) is 0.562. The van der Waals surface area contributed by atoms with Gasteiger partial charge in [-0.25, -0.2) is 0 Å². The predicted molar refractivity (Wildman–Crippen MR) is 77.9 cm³/mol. The van der Waals surface area contributed by atoms with Crippen LogP contribution in [0.3, 0.4) is 0 Å². The Labute approximate surface area is 120 Å². The molecule has 0 bridgehead atoms. The van der Waals surface area contributed by atoms with Gasteiger partial charge in [-0.3, -0.25) is 4.79 Å². The second-order valence-corrected chi connectivity index (χ2v) is 4.76. The average molecular weight is 280 g/mol. The molecule has 1 unspecified atom stereocenters. The van der Waals surface area contributed by atoms with E-state index in [-0.39, 0.29) is 24.2 Å². The van der Waals surface area contributed by atoms with E-state index in [1.54, 1.807) is 18.2 Å². The Morgan fingerprint density at radius 3 is 2.75 bits per heavy atom. The molecule has 1 aromatic rings. The lowest BCUT2D eigenvalue weighted by atomic mass is 10.00. The first kappa shape index (κ1) is 16.3. The van der Waals surface area contributed by atoms with Crippen molar-refractivity contribution < 1.29 is 19.4 Å². The molecule has 0 aromatic heterocycles. The number of ether oxygens (including phenoxy) is 2. The second kappa shape index (κ2) is 9.23. The summed E-state index contributed by atoms with van der Waals surface area (Å²) in [6.07, 6.45) is 3.84. The van der Waals surface area contributed by atoms with Crippen LogP contribution in [0.1, 0.15) is 39.5 Å². The van der Waals surface area contributed by atoms with Crippen LogP contribution in [-0.2, 0) is 9.53 Å². The number of unbranched alkanes of at least 4 members (excludes halogenated alkanes) is 1. The quantitative estimate of drug-likeness (QED) is 0.555. The van der Waals surface area contributed by atoms with Crippen molar-refractivity contribution in [3.63, 3.8) is 0 Å². The van der Waals surface area contributed by atoms with Gasteiger partial charge in [0.2, 0.25) is 0 Å². The molecule has 1 atom stereocenters. The monoisotopic (exact) mass is 280 g/mol. The van der Waals surface area contributed by atoms with Crippen molar-refractivity contribution in [2.45, 2.75) is 39.5 Å². The van der Waals surface area contributed by atoms with Crippen LogP contribution in [0.2, 0.25) is 0 Å². The van der Waals surface area contributed by atoms with Crippen molar-refractivity contribution in [2.75, 3.05) is 13.2 Å². The van der Waals surface area contributed by atoms with Gasteiger partial charge in [0.1, 0.15) is 24.7 Å². The van der Waals surface area contributed by atoms with E-state index in [1.807, 2.05) is 6.92 Å². The third kappa shape index (κ3) is 5.95. The van der Waals surface area contributed by atoms with E-state index in [4.69, 9.17) is 9.47 Å². The number of aromatic hydroxyl groups is 1. The largest absolute Gasteiger partial charge is 0.508 e. The molecule has 1 aromatic carbocycles. The molecule has 1 N–H and O–H groups in total. The summed E-state index contributed by atoms with van der Waals surface area (Å²) in [7, 11) is 0. The number of esters is 1. The van der Waals surface area contributed by atoms with Crippen LogP contribution in [-0.4, -0.2) is 24.3 Å². The van der Waals surface area contributed by atoms with E-state index in [9.17, 15) is 9.90 Å². The minimum atomic E-state index is -0.138. The summed E-state index contributed by atoms with van der Waals surface area (Å²) in [4.78, 5) is 11.8. The lowest BCUT2D eigenvalue weighted by molar-refractivity contribution is -0.149. The summed E-state index contributed by atoms with van der Waals surface area (Å²) < 4.78 is 10.6. The topological polar surface area (TPSA) is 55.8 Å². The molecule has 112 valence electrons. The Kier molecular flexibility index (Phi) is 7.55. The molecule has 4 heteroatoms. The Morgan fingerprint density at radius 2 is 2.10 bits per heavy atom. The minimum Gasteiger partial charge on any atom is -0.508 e. The summed E-state index contributed by atoms with van der Waals surface area (Å²) in [6.45, 7) is 4.64. The molecule has 0 spiro atoms. The highest BCUT2D eigenvalue weighted by atomic mass is 16.6. The second-order valence-electron chi connectivity index (χ2n) is 4.76. The summed E-state index contributed by atoms with van der Waals surface area (Å²) in [5.41, 5.74) is 0. The molecule has 1 rings (SSSR count). The molecule has 4 nitrogen and oxygen atoms in total. The van der Waals surface area contributed by atoms with Crippen LogP contribution in [0.5, 0.6) is 11.5 Å². The van der Waals surface area contributed by atoms with Crippen molar-refractivity contribution in [3.8, 4) is 11.5 Å². The van der Waals surface area contributed by atoms with Crippen LogP contribution < -0.4 is 4.74 Å². The van der Waals surface area contributed by atoms with Gasteiger partial charge in [-0.05, 0) is 25.0 Å². The normalized spacial score (nSPS) is 11.9. The molecule has 0 aliphatic rings. The highest BCUT2D eigenvalue weighted by Gasteiger charge is 2.16.